The highest BCUT2D eigenvalue weighted by Gasteiger charge is 2.31. The molecule has 100 valence electrons. The number of nitrogens with zero attached hydrogens (tertiary/aromatic N) is 1. The maximum atomic E-state index is 12.4. The molecule has 1 aliphatic heterocycles. The van der Waals surface area contributed by atoms with Crippen molar-refractivity contribution in [3.8, 4) is 0 Å². The molecule has 1 unspecified atom stereocenters. The minimum Gasteiger partial charge on any atom is -0.303 e. The number of piperidine rings is 1. The first kappa shape index (κ1) is 14.0. The summed E-state index contributed by atoms with van der Waals surface area (Å²) in [6.45, 7) is 2.53. The van der Waals surface area contributed by atoms with Gasteiger partial charge < -0.3 is 4.79 Å². The quantitative estimate of drug-likeness (QED) is 0.805. The monoisotopic (exact) mass is 307 g/mol. The van der Waals surface area contributed by atoms with Gasteiger partial charge in [0.2, 0.25) is 0 Å². The van der Waals surface area contributed by atoms with Gasteiger partial charge >= 0.3 is 0 Å². The molecule has 0 spiro atoms. The van der Waals surface area contributed by atoms with E-state index in [1.807, 2.05) is 0 Å². The minimum atomic E-state index is -3.50. The molecule has 1 saturated heterocycles. The van der Waals surface area contributed by atoms with E-state index >= 15 is 0 Å². The molecule has 1 atom stereocenters. The van der Waals surface area contributed by atoms with Crippen molar-refractivity contribution in [3.63, 3.8) is 0 Å². The van der Waals surface area contributed by atoms with Crippen molar-refractivity contribution in [2.75, 3.05) is 13.1 Å². The first-order valence-electron chi connectivity index (χ1n) is 5.66. The molecule has 0 aromatic carbocycles. The van der Waals surface area contributed by atoms with E-state index in [1.54, 1.807) is 13.0 Å². The molecule has 18 heavy (non-hydrogen) atoms. The molecule has 4 nitrogen and oxygen atoms in total. The highest BCUT2D eigenvalue weighted by Crippen LogP contribution is 2.33. The summed E-state index contributed by atoms with van der Waals surface area (Å²) in [5, 5.41) is 0. The summed E-state index contributed by atoms with van der Waals surface area (Å²) in [5.41, 5.74) is 0.768. The van der Waals surface area contributed by atoms with Crippen LogP contribution in [0.25, 0.3) is 0 Å². The topological polar surface area (TPSA) is 54.5 Å². The molecule has 0 amide bonds. The number of sulfonamides is 1. The Kier molecular flexibility index (Phi) is 4.11. The average Bonchev–Trinajstić information content (AvgIpc) is 2.70. The molecule has 1 aromatic rings. The van der Waals surface area contributed by atoms with Gasteiger partial charge in [0.15, 0.2) is 0 Å². The molecule has 0 radical (unpaired) electrons. The van der Waals surface area contributed by atoms with E-state index < -0.39 is 10.0 Å². The van der Waals surface area contributed by atoms with Crippen LogP contribution >= 0.6 is 22.9 Å². The van der Waals surface area contributed by atoms with E-state index in [1.165, 1.54) is 4.31 Å². The Morgan fingerprint density at radius 2 is 2.28 bits per heavy atom. The molecule has 0 N–H and O–H groups in total. The summed E-state index contributed by atoms with van der Waals surface area (Å²) in [6, 6.07) is 1.59. The third kappa shape index (κ3) is 2.61. The van der Waals surface area contributed by atoms with Gasteiger partial charge in [-0.2, -0.15) is 4.31 Å². The number of thiophene rings is 1. The fourth-order valence-electron chi connectivity index (χ4n) is 1.99. The summed E-state index contributed by atoms with van der Waals surface area (Å²) in [4.78, 5) is 10.8. The second-order valence-electron chi connectivity index (χ2n) is 4.42. The zero-order valence-electron chi connectivity index (χ0n) is 9.93. The van der Waals surface area contributed by atoms with Crippen LogP contribution in [0, 0.1) is 12.8 Å². The van der Waals surface area contributed by atoms with Crippen LogP contribution < -0.4 is 0 Å². The predicted octanol–water partition coefficient (Wildman–Crippen LogP) is 2.31. The van der Waals surface area contributed by atoms with E-state index in [0.29, 0.717) is 10.9 Å². The molecule has 1 fully saturated rings. The standard InChI is InChI=1S/C11H14ClNO3S2/c1-8-5-10(17-11(8)12)18(15,16)13-4-2-3-9(6-13)7-14/h5,7,9H,2-4,6H2,1H3. The second kappa shape index (κ2) is 5.28. The Labute approximate surface area is 116 Å². The van der Waals surface area contributed by atoms with Gasteiger partial charge in [0.1, 0.15) is 10.5 Å². The minimum absolute atomic E-state index is 0.190. The number of aldehydes is 1. The first-order valence-corrected chi connectivity index (χ1v) is 8.30. The number of hydrogen-bond acceptors (Lipinski definition) is 4. The lowest BCUT2D eigenvalue weighted by Crippen LogP contribution is -2.40. The lowest BCUT2D eigenvalue weighted by Gasteiger charge is -2.28. The summed E-state index contributed by atoms with van der Waals surface area (Å²) in [6.07, 6.45) is 2.33. The number of rotatable bonds is 3. The van der Waals surface area contributed by atoms with Crippen LogP contribution in [0.2, 0.25) is 4.34 Å². The highest BCUT2D eigenvalue weighted by atomic mass is 35.5. The zero-order valence-corrected chi connectivity index (χ0v) is 12.3. The zero-order chi connectivity index (χ0) is 13.3. The predicted molar refractivity (Wildman–Crippen MR) is 71.6 cm³/mol. The summed E-state index contributed by atoms with van der Waals surface area (Å²) in [7, 11) is -3.50. The SMILES string of the molecule is Cc1cc(S(=O)(=O)N2CCCC(C=O)C2)sc1Cl. The fourth-order valence-corrected chi connectivity index (χ4v) is 5.39. The molecule has 0 aliphatic carbocycles. The molecule has 1 aromatic heterocycles. The number of carbonyl (C=O) groups excluding carboxylic acids is 1. The Hall–Kier alpha value is -0.430. The van der Waals surface area contributed by atoms with E-state index in [2.05, 4.69) is 0 Å². The Morgan fingerprint density at radius 3 is 2.83 bits per heavy atom. The van der Waals surface area contributed by atoms with Crippen LogP contribution in [0.1, 0.15) is 18.4 Å². The van der Waals surface area contributed by atoms with Gasteiger partial charge in [-0.25, -0.2) is 8.42 Å². The van der Waals surface area contributed by atoms with Crippen LogP contribution in [-0.4, -0.2) is 32.1 Å². The van der Waals surface area contributed by atoms with Gasteiger partial charge in [0.05, 0.1) is 4.34 Å². The fraction of sp³-hybridized carbons (Fsp3) is 0.545. The van der Waals surface area contributed by atoms with Gasteiger partial charge in [-0.15, -0.1) is 11.3 Å². The Balaban J connectivity index is 2.28. The van der Waals surface area contributed by atoms with Gasteiger partial charge in [0, 0.05) is 19.0 Å². The van der Waals surface area contributed by atoms with Crippen LogP contribution in [0.15, 0.2) is 10.3 Å². The van der Waals surface area contributed by atoms with Crippen LogP contribution in [-0.2, 0) is 14.8 Å². The van der Waals surface area contributed by atoms with E-state index in [-0.39, 0.29) is 16.7 Å². The van der Waals surface area contributed by atoms with E-state index in [0.717, 1.165) is 36.0 Å². The first-order chi connectivity index (χ1) is 8.45. The summed E-state index contributed by atoms with van der Waals surface area (Å²) in [5.74, 6) is -0.190. The van der Waals surface area contributed by atoms with Crippen molar-refractivity contribution in [2.24, 2.45) is 5.92 Å². The van der Waals surface area contributed by atoms with Crippen LogP contribution in [0.4, 0.5) is 0 Å². The third-order valence-electron chi connectivity index (χ3n) is 3.04. The van der Waals surface area contributed by atoms with E-state index in [4.69, 9.17) is 11.6 Å². The summed E-state index contributed by atoms with van der Waals surface area (Å²) < 4.78 is 26.9. The van der Waals surface area contributed by atoms with Gasteiger partial charge in [-0.05, 0) is 31.4 Å². The van der Waals surface area contributed by atoms with Crippen molar-refractivity contribution >= 4 is 39.2 Å². The molecule has 2 heterocycles. The normalized spacial score (nSPS) is 22.0. The highest BCUT2D eigenvalue weighted by molar-refractivity contribution is 7.91. The van der Waals surface area contributed by atoms with Crippen molar-refractivity contribution in [1.82, 2.24) is 4.31 Å². The van der Waals surface area contributed by atoms with Crippen molar-refractivity contribution in [3.05, 3.63) is 16.0 Å². The van der Waals surface area contributed by atoms with Gasteiger partial charge in [0.25, 0.3) is 10.0 Å². The Morgan fingerprint density at radius 1 is 1.56 bits per heavy atom. The lowest BCUT2D eigenvalue weighted by atomic mass is 10.0. The van der Waals surface area contributed by atoms with E-state index in [9.17, 15) is 13.2 Å². The van der Waals surface area contributed by atoms with Crippen molar-refractivity contribution < 1.29 is 13.2 Å². The number of hydrogen-bond donors (Lipinski definition) is 0. The smallest absolute Gasteiger partial charge is 0.252 e. The second-order valence-corrected chi connectivity index (χ2v) is 8.24. The third-order valence-corrected chi connectivity index (χ3v) is 6.91. The van der Waals surface area contributed by atoms with Crippen molar-refractivity contribution in [1.29, 1.82) is 0 Å². The number of aryl methyl sites for hydroxylation is 1. The van der Waals surface area contributed by atoms with Crippen LogP contribution in [0.5, 0.6) is 0 Å². The van der Waals surface area contributed by atoms with Gasteiger partial charge in [-0.3, -0.25) is 0 Å². The molecule has 1 aliphatic rings. The maximum absolute atomic E-state index is 12.4. The molecular formula is C11H14ClNO3S2. The van der Waals surface area contributed by atoms with Crippen LogP contribution in [0.3, 0.4) is 0 Å². The number of carbonyl (C=O) groups is 1. The average molecular weight is 308 g/mol. The molecule has 0 bridgehead atoms. The molecular weight excluding hydrogens is 294 g/mol. The largest absolute Gasteiger partial charge is 0.303 e. The Bertz CT molecular complexity index is 533. The molecule has 2 rings (SSSR count). The molecule has 0 saturated carbocycles. The number of halogens is 1. The maximum Gasteiger partial charge on any atom is 0.252 e. The van der Waals surface area contributed by atoms with Crippen molar-refractivity contribution in [2.45, 2.75) is 24.0 Å². The lowest BCUT2D eigenvalue weighted by molar-refractivity contribution is -0.112. The summed E-state index contributed by atoms with van der Waals surface area (Å²) >= 11 is 6.98. The molecule has 7 heteroatoms. The van der Waals surface area contributed by atoms with Gasteiger partial charge in [-0.1, -0.05) is 11.6 Å².